The van der Waals surface area contributed by atoms with E-state index in [0.717, 1.165) is 18.4 Å². The molecular weight excluding hydrogens is 268 g/mol. The summed E-state index contributed by atoms with van der Waals surface area (Å²) in [4.78, 5) is 24.5. The molecule has 0 aliphatic carbocycles. The first kappa shape index (κ1) is 15.4. The lowest BCUT2D eigenvalue weighted by molar-refractivity contribution is -0.138. The molecule has 0 spiro atoms. The lowest BCUT2D eigenvalue weighted by Crippen LogP contribution is -2.38. The summed E-state index contributed by atoms with van der Waals surface area (Å²) in [5.74, 6) is -0.713. The molecule has 0 radical (unpaired) electrons. The number of hydrogen-bond donors (Lipinski definition) is 2. The number of carbonyl (C=O) groups is 2. The molecule has 1 unspecified atom stereocenters. The fourth-order valence-corrected chi connectivity index (χ4v) is 2.79. The van der Waals surface area contributed by atoms with Gasteiger partial charge in [0, 0.05) is 26.1 Å². The average molecular weight is 290 g/mol. The quantitative estimate of drug-likeness (QED) is 0.874. The Labute approximate surface area is 125 Å². The van der Waals surface area contributed by atoms with Gasteiger partial charge >= 0.3 is 12.0 Å². The van der Waals surface area contributed by atoms with E-state index < -0.39 is 5.97 Å². The van der Waals surface area contributed by atoms with Crippen LogP contribution in [-0.4, -0.2) is 35.1 Å². The van der Waals surface area contributed by atoms with Crippen molar-refractivity contribution < 1.29 is 14.7 Å². The standard InChI is InChI=1S/C16H22N2O3/c1-2-13-5-3-4-6-14(13)10-17-16(21)18-8-7-12(11-18)9-15(19)20/h3-6,12H,2,7-11H2,1H3,(H,17,21)(H,19,20). The zero-order valence-electron chi connectivity index (χ0n) is 12.3. The van der Waals surface area contributed by atoms with E-state index in [9.17, 15) is 9.59 Å². The molecule has 2 N–H and O–H groups in total. The topological polar surface area (TPSA) is 69.6 Å². The van der Waals surface area contributed by atoms with Crippen molar-refractivity contribution >= 4 is 12.0 Å². The van der Waals surface area contributed by atoms with E-state index in [0.29, 0.717) is 19.6 Å². The van der Waals surface area contributed by atoms with Gasteiger partial charge in [-0.1, -0.05) is 31.2 Å². The number of aryl methyl sites for hydroxylation is 1. The second kappa shape index (κ2) is 7.11. The smallest absolute Gasteiger partial charge is 0.317 e. The molecule has 1 aromatic carbocycles. The first-order valence-corrected chi connectivity index (χ1v) is 7.41. The molecule has 114 valence electrons. The van der Waals surface area contributed by atoms with Gasteiger partial charge in [0.2, 0.25) is 0 Å². The van der Waals surface area contributed by atoms with Crippen molar-refractivity contribution in [3.63, 3.8) is 0 Å². The number of nitrogens with one attached hydrogen (secondary N) is 1. The summed E-state index contributed by atoms with van der Waals surface area (Å²) in [5.41, 5.74) is 2.37. The lowest BCUT2D eigenvalue weighted by Gasteiger charge is -2.18. The highest BCUT2D eigenvalue weighted by atomic mass is 16.4. The van der Waals surface area contributed by atoms with Crippen LogP contribution in [0.3, 0.4) is 0 Å². The highest BCUT2D eigenvalue weighted by molar-refractivity contribution is 5.74. The molecule has 5 heteroatoms. The number of urea groups is 1. The molecule has 1 aliphatic heterocycles. The van der Waals surface area contributed by atoms with Crippen LogP contribution in [0.4, 0.5) is 4.79 Å². The fraction of sp³-hybridized carbons (Fsp3) is 0.500. The van der Waals surface area contributed by atoms with Crippen LogP contribution in [0.25, 0.3) is 0 Å². The predicted octanol–water partition coefficient (Wildman–Crippen LogP) is 2.26. The van der Waals surface area contributed by atoms with Gasteiger partial charge in [0.15, 0.2) is 0 Å². The van der Waals surface area contributed by atoms with Gasteiger partial charge in [0.1, 0.15) is 0 Å². The SMILES string of the molecule is CCc1ccccc1CNC(=O)N1CCC(CC(=O)O)C1. The molecule has 2 amide bonds. The molecule has 1 heterocycles. The van der Waals surface area contributed by atoms with Crippen molar-refractivity contribution in [1.29, 1.82) is 0 Å². The average Bonchev–Trinajstić information content (AvgIpc) is 2.92. The highest BCUT2D eigenvalue weighted by Crippen LogP contribution is 2.19. The summed E-state index contributed by atoms with van der Waals surface area (Å²) in [5, 5.41) is 11.7. The van der Waals surface area contributed by atoms with E-state index in [2.05, 4.69) is 18.3 Å². The van der Waals surface area contributed by atoms with Crippen LogP contribution in [0.5, 0.6) is 0 Å². The maximum absolute atomic E-state index is 12.1. The minimum Gasteiger partial charge on any atom is -0.481 e. The van der Waals surface area contributed by atoms with Gasteiger partial charge < -0.3 is 15.3 Å². The van der Waals surface area contributed by atoms with Crippen LogP contribution < -0.4 is 5.32 Å². The summed E-state index contributed by atoms with van der Waals surface area (Å²) in [6.45, 7) is 3.79. The van der Waals surface area contributed by atoms with Gasteiger partial charge in [-0.2, -0.15) is 0 Å². The summed E-state index contributed by atoms with van der Waals surface area (Å²) >= 11 is 0. The molecule has 2 rings (SSSR count). The van der Waals surface area contributed by atoms with Crippen LogP contribution in [-0.2, 0) is 17.8 Å². The van der Waals surface area contributed by atoms with Crippen molar-refractivity contribution in [1.82, 2.24) is 10.2 Å². The lowest BCUT2D eigenvalue weighted by atomic mass is 10.1. The van der Waals surface area contributed by atoms with Gasteiger partial charge in [0.05, 0.1) is 0 Å². The Morgan fingerprint density at radius 2 is 2.05 bits per heavy atom. The van der Waals surface area contributed by atoms with E-state index in [-0.39, 0.29) is 18.4 Å². The molecule has 1 fully saturated rings. The Morgan fingerprint density at radius 3 is 2.71 bits per heavy atom. The zero-order valence-corrected chi connectivity index (χ0v) is 12.3. The van der Waals surface area contributed by atoms with E-state index >= 15 is 0 Å². The molecule has 1 aliphatic rings. The Bertz CT molecular complexity index is 516. The van der Waals surface area contributed by atoms with E-state index in [4.69, 9.17) is 5.11 Å². The van der Waals surface area contributed by atoms with Gasteiger partial charge in [-0.25, -0.2) is 4.79 Å². The summed E-state index contributed by atoms with van der Waals surface area (Å²) in [6.07, 6.45) is 1.85. The number of carboxylic acid groups (broad SMARTS) is 1. The van der Waals surface area contributed by atoms with Crippen molar-refractivity contribution in [2.24, 2.45) is 5.92 Å². The van der Waals surface area contributed by atoms with Crippen LogP contribution in [0, 0.1) is 5.92 Å². The van der Waals surface area contributed by atoms with Crippen LogP contribution >= 0.6 is 0 Å². The van der Waals surface area contributed by atoms with E-state index in [1.807, 2.05) is 18.2 Å². The second-order valence-corrected chi connectivity index (χ2v) is 5.48. The molecule has 1 atom stereocenters. The van der Waals surface area contributed by atoms with Gasteiger partial charge in [-0.05, 0) is 29.9 Å². The number of carbonyl (C=O) groups excluding carboxylic acids is 1. The predicted molar refractivity (Wildman–Crippen MR) is 80.0 cm³/mol. The number of benzene rings is 1. The van der Waals surface area contributed by atoms with Crippen LogP contribution in [0.15, 0.2) is 24.3 Å². The molecule has 5 nitrogen and oxygen atoms in total. The maximum Gasteiger partial charge on any atom is 0.317 e. The van der Waals surface area contributed by atoms with Crippen LogP contribution in [0.2, 0.25) is 0 Å². The maximum atomic E-state index is 12.1. The third-order valence-corrected chi connectivity index (χ3v) is 3.97. The van der Waals surface area contributed by atoms with Crippen molar-refractivity contribution in [3.8, 4) is 0 Å². The molecule has 0 aromatic heterocycles. The van der Waals surface area contributed by atoms with Crippen molar-refractivity contribution in [2.45, 2.75) is 32.7 Å². The molecule has 1 aromatic rings. The largest absolute Gasteiger partial charge is 0.481 e. The molecule has 0 bridgehead atoms. The Hall–Kier alpha value is -2.04. The highest BCUT2D eigenvalue weighted by Gasteiger charge is 2.27. The molecule has 0 saturated carbocycles. The second-order valence-electron chi connectivity index (χ2n) is 5.48. The minimum atomic E-state index is -0.792. The van der Waals surface area contributed by atoms with Crippen LogP contribution in [0.1, 0.15) is 30.9 Å². The normalized spacial score (nSPS) is 17.8. The number of nitrogens with zero attached hydrogens (tertiary/aromatic N) is 1. The summed E-state index contributed by atoms with van der Waals surface area (Å²) in [6, 6.07) is 7.96. The molecule has 1 saturated heterocycles. The number of rotatable bonds is 5. The Kier molecular flexibility index (Phi) is 5.20. The fourth-order valence-electron chi connectivity index (χ4n) is 2.79. The van der Waals surface area contributed by atoms with Gasteiger partial charge in [-0.3, -0.25) is 4.79 Å². The van der Waals surface area contributed by atoms with Crippen molar-refractivity contribution in [3.05, 3.63) is 35.4 Å². The zero-order chi connectivity index (χ0) is 15.2. The summed E-state index contributed by atoms with van der Waals surface area (Å²) < 4.78 is 0. The number of aliphatic carboxylic acids is 1. The Balaban J connectivity index is 1.84. The first-order chi connectivity index (χ1) is 10.1. The summed E-state index contributed by atoms with van der Waals surface area (Å²) in [7, 11) is 0. The van der Waals surface area contributed by atoms with E-state index in [1.165, 1.54) is 5.56 Å². The molecule has 21 heavy (non-hydrogen) atoms. The monoisotopic (exact) mass is 290 g/mol. The number of amides is 2. The number of carboxylic acids is 1. The van der Waals surface area contributed by atoms with E-state index in [1.54, 1.807) is 4.90 Å². The Morgan fingerprint density at radius 1 is 1.33 bits per heavy atom. The van der Waals surface area contributed by atoms with Crippen molar-refractivity contribution in [2.75, 3.05) is 13.1 Å². The number of likely N-dealkylation sites (tertiary alicyclic amines) is 1. The van der Waals surface area contributed by atoms with Gasteiger partial charge in [0.25, 0.3) is 0 Å². The first-order valence-electron chi connectivity index (χ1n) is 7.41. The van der Waals surface area contributed by atoms with Gasteiger partial charge in [-0.15, -0.1) is 0 Å². The number of hydrogen-bond acceptors (Lipinski definition) is 2. The third-order valence-electron chi connectivity index (χ3n) is 3.97. The minimum absolute atomic E-state index is 0.0798. The third kappa shape index (κ3) is 4.21. The molecular formula is C16H22N2O3.